The van der Waals surface area contributed by atoms with E-state index in [1.165, 1.54) is 4.68 Å². The van der Waals surface area contributed by atoms with E-state index in [0.29, 0.717) is 10.9 Å². The molecule has 0 saturated carbocycles. The minimum Gasteiger partial charge on any atom is -0.476 e. The van der Waals surface area contributed by atoms with E-state index in [9.17, 15) is 14.7 Å². The number of likely N-dealkylation sites (tertiary alicyclic amines) is 1. The van der Waals surface area contributed by atoms with Crippen molar-refractivity contribution in [2.24, 2.45) is 0 Å². The van der Waals surface area contributed by atoms with Gasteiger partial charge in [0.05, 0.1) is 5.52 Å². The summed E-state index contributed by atoms with van der Waals surface area (Å²) in [6.45, 7) is 1.65. The van der Waals surface area contributed by atoms with Crippen LogP contribution in [0, 0.1) is 0 Å². The van der Waals surface area contributed by atoms with Gasteiger partial charge in [0.1, 0.15) is 6.54 Å². The molecule has 6 heteroatoms. The zero-order valence-electron chi connectivity index (χ0n) is 11.0. The fourth-order valence-corrected chi connectivity index (χ4v) is 2.60. The lowest BCUT2D eigenvalue weighted by atomic mass is 10.2. The summed E-state index contributed by atoms with van der Waals surface area (Å²) in [4.78, 5) is 25.2. The second kappa shape index (κ2) is 4.96. The Kier molecular flexibility index (Phi) is 3.14. The number of carbonyl (C=O) groups is 2. The third-order valence-electron chi connectivity index (χ3n) is 3.60. The van der Waals surface area contributed by atoms with Gasteiger partial charge in [0, 0.05) is 18.5 Å². The maximum absolute atomic E-state index is 12.2. The Hall–Kier alpha value is -2.37. The van der Waals surface area contributed by atoms with E-state index in [4.69, 9.17) is 0 Å². The van der Waals surface area contributed by atoms with Gasteiger partial charge in [-0.3, -0.25) is 9.48 Å². The van der Waals surface area contributed by atoms with Gasteiger partial charge in [0.2, 0.25) is 5.91 Å². The molecule has 1 aliphatic rings. The highest BCUT2D eigenvalue weighted by molar-refractivity contribution is 6.01. The predicted octanol–water partition coefficient (Wildman–Crippen LogP) is 1.36. The molecule has 1 aliphatic heterocycles. The summed E-state index contributed by atoms with van der Waals surface area (Å²) in [6.07, 6.45) is 2.07. The van der Waals surface area contributed by atoms with Gasteiger partial charge in [0.25, 0.3) is 0 Å². The molecular weight excluding hydrogens is 258 g/mol. The fourth-order valence-electron chi connectivity index (χ4n) is 2.60. The molecule has 1 saturated heterocycles. The number of hydrogen-bond donors (Lipinski definition) is 1. The molecule has 0 atom stereocenters. The lowest BCUT2D eigenvalue weighted by molar-refractivity contribution is -0.130. The average molecular weight is 273 g/mol. The van der Waals surface area contributed by atoms with Crippen LogP contribution in [0.4, 0.5) is 0 Å². The van der Waals surface area contributed by atoms with Crippen molar-refractivity contribution >= 4 is 22.8 Å². The monoisotopic (exact) mass is 273 g/mol. The van der Waals surface area contributed by atoms with Crippen LogP contribution in [0.15, 0.2) is 24.3 Å². The molecule has 0 unspecified atom stereocenters. The summed E-state index contributed by atoms with van der Waals surface area (Å²) >= 11 is 0. The number of para-hydroxylation sites is 1. The summed E-state index contributed by atoms with van der Waals surface area (Å²) < 4.78 is 1.49. The number of carbonyl (C=O) groups excluding carboxylic acids is 1. The third-order valence-corrected chi connectivity index (χ3v) is 3.60. The van der Waals surface area contributed by atoms with Crippen LogP contribution in [0.25, 0.3) is 10.9 Å². The number of benzene rings is 1. The Bertz CT molecular complexity index is 671. The lowest BCUT2D eigenvalue weighted by Crippen LogP contribution is -2.31. The molecule has 0 aliphatic carbocycles. The van der Waals surface area contributed by atoms with Crippen LogP contribution in [0.1, 0.15) is 23.3 Å². The van der Waals surface area contributed by atoms with Crippen molar-refractivity contribution in [1.82, 2.24) is 14.7 Å². The molecule has 104 valence electrons. The van der Waals surface area contributed by atoms with Crippen LogP contribution in [0.3, 0.4) is 0 Å². The van der Waals surface area contributed by atoms with Crippen LogP contribution in [0.2, 0.25) is 0 Å². The molecule has 2 heterocycles. The first-order chi connectivity index (χ1) is 9.66. The minimum atomic E-state index is -1.08. The molecule has 0 bridgehead atoms. The van der Waals surface area contributed by atoms with Crippen LogP contribution < -0.4 is 0 Å². The highest BCUT2D eigenvalue weighted by Crippen LogP contribution is 2.19. The number of rotatable bonds is 3. The first-order valence-corrected chi connectivity index (χ1v) is 6.63. The van der Waals surface area contributed by atoms with Crippen LogP contribution in [-0.2, 0) is 11.3 Å². The Morgan fingerprint density at radius 1 is 1.20 bits per heavy atom. The SMILES string of the molecule is O=C(O)c1nn(CC(=O)N2CCCC2)c2ccccc12. The third kappa shape index (κ3) is 2.13. The van der Waals surface area contributed by atoms with Crippen molar-refractivity contribution in [2.45, 2.75) is 19.4 Å². The molecule has 1 N–H and O–H groups in total. The van der Waals surface area contributed by atoms with Crippen molar-refractivity contribution in [3.8, 4) is 0 Å². The summed E-state index contributed by atoms with van der Waals surface area (Å²) in [5, 5.41) is 13.8. The van der Waals surface area contributed by atoms with Gasteiger partial charge in [0.15, 0.2) is 5.69 Å². The Labute approximate surface area is 115 Å². The van der Waals surface area contributed by atoms with Crippen molar-refractivity contribution in [2.75, 3.05) is 13.1 Å². The van der Waals surface area contributed by atoms with Gasteiger partial charge in [-0.25, -0.2) is 4.79 Å². The number of carboxylic acid groups (broad SMARTS) is 1. The number of fused-ring (bicyclic) bond motifs is 1. The molecule has 1 aromatic heterocycles. The maximum atomic E-state index is 12.2. The van der Waals surface area contributed by atoms with Gasteiger partial charge in [-0.05, 0) is 18.9 Å². The first kappa shape index (κ1) is 12.7. The number of aromatic nitrogens is 2. The van der Waals surface area contributed by atoms with Gasteiger partial charge in [-0.1, -0.05) is 18.2 Å². The number of hydrogen-bond acceptors (Lipinski definition) is 3. The molecule has 1 amide bonds. The summed E-state index contributed by atoms with van der Waals surface area (Å²) in [6, 6.07) is 7.07. The number of aromatic carboxylic acids is 1. The standard InChI is InChI=1S/C14H15N3O3/c18-12(16-7-3-4-8-16)9-17-11-6-2-1-5-10(11)13(15-17)14(19)20/h1-2,5-6H,3-4,7-9H2,(H,19,20). The van der Waals surface area contributed by atoms with E-state index in [1.807, 2.05) is 6.07 Å². The minimum absolute atomic E-state index is 0.00479. The van der Waals surface area contributed by atoms with Gasteiger partial charge in [-0.15, -0.1) is 0 Å². The Morgan fingerprint density at radius 3 is 2.60 bits per heavy atom. The quantitative estimate of drug-likeness (QED) is 0.916. The van der Waals surface area contributed by atoms with E-state index < -0.39 is 5.97 Å². The number of nitrogens with zero attached hydrogens (tertiary/aromatic N) is 3. The van der Waals surface area contributed by atoms with E-state index in [-0.39, 0.29) is 18.1 Å². The van der Waals surface area contributed by atoms with E-state index in [2.05, 4.69) is 5.10 Å². The van der Waals surface area contributed by atoms with Crippen molar-refractivity contribution in [3.63, 3.8) is 0 Å². The molecule has 0 spiro atoms. The van der Waals surface area contributed by atoms with Crippen molar-refractivity contribution in [3.05, 3.63) is 30.0 Å². The lowest BCUT2D eigenvalue weighted by Gasteiger charge is -2.15. The summed E-state index contributed by atoms with van der Waals surface area (Å²) in [7, 11) is 0. The summed E-state index contributed by atoms with van der Waals surface area (Å²) in [5.74, 6) is -1.08. The second-order valence-corrected chi connectivity index (χ2v) is 4.92. The molecule has 0 radical (unpaired) electrons. The van der Waals surface area contributed by atoms with Gasteiger partial charge >= 0.3 is 5.97 Å². The molecule has 6 nitrogen and oxygen atoms in total. The van der Waals surface area contributed by atoms with Crippen LogP contribution in [0.5, 0.6) is 0 Å². The van der Waals surface area contributed by atoms with Crippen molar-refractivity contribution in [1.29, 1.82) is 0 Å². The highest BCUT2D eigenvalue weighted by Gasteiger charge is 2.21. The zero-order chi connectivity index (χ0) is 14.1. The first-order valence-electron chi connectivity index (χ1n) is 6.63. The topological polar surface area (TPSA) is 75.4 Å². The second-order valence-electron chi connectivity index (χ2n) is 4.92. The number of carboxylic acids is 1. The van der Waals surface area contributed by atoms with Crippen LogP contribution >= 0.6 is 0 Å². The zero-order valence-corrected chi connectivity index (χ0v) is 11.0. The van der Waals surface area contributed by atoms with Gasteiger partial charge in [-0.2, -0.15) is 5.10 Å². The van der Waals surface area contributed by atoms with Gasteiger partial charge < -0.3 is 10.0 Å². The number of amides is 1. The summed E-state index contributed by atoms with van der Waals surface area (Å²) in [5.41, 5.74) is 0.673. The molecule has 3 rings (SSSR count). The maximum Gasteiger partial charge on any atom is 0.357 e. The Morgan fingerprint density at radius 2 is 1.90 bits per heavy atom. The van der Waals surface area contributed by atoms with E-state index in [1.54, 1.807) is 23.1 Å². The van der Waals surface area contributed by atoms with E-state index >= 15 is 0 Å². The van der Waals surface area contributed by atoms with E-state index in [0.717, 1.165) is 25.9 Å². The average Bonchev–Trinajstić information content (AvgIpc) is 3.07. The molecule has 1 aromatic carbocycles. The fraction of sp³-hybridized carbons (Fsp3) is 0.357. The largest absolute Gasteiger partial charge is 0.476 e. The normalized spacial score (nSPS) is 14.9. The molecule has 1 fully saturated rings. The van der Waals surface area contributed by atoms with Crippen molar-refractivity contribution < 1.29 is 14.7 Å². The smallest absolute Gasteiger partial charge is 0.357 e. The molecule has 2 aromatic rings. The Balaban J connectivity index is 1.95. The molecule has 20 heavy (non-hydrogen) atoms. The highest BCUT2D eigenvalue weighted by atomic mass is 16.4. The molecular formula is C14H15N3O3. The van der Waals surface area contributed by atoms with Crippen LogP contribution in [-0.4, -0.2) is 44.8 Å². The predicted molar refractivity (Wildman–Crippen MR) is 72.5 cm³/mol.